The molecule has 0 saturated heterocycles. The van der Waals surface area contributed by atoms with Gasteiger partial charge in [0.05, 0.1) is 0 Å². The van der Waals surface area contributed by atoms with E-state index in [0.717, 1.165) is 19.3 Å². The molecular weight excluding hydrogens is 122 g/mol. The van der Waals surface area contributed by atoms with Crippen LogP contribution in [0, 0.1) is 0 Å². The number of hydrogen-bond acceptors (Lipinski definition) is 1. The molecule has 0 aromatic carbocycles. The molecule has 1 heteroatoms. The van der Waals surface area contributed by atoms with Crippen molar-refractivity contribution in [2.45, 2.75) is 31.7 Å². The third-order valence-corrected chi connectivity index (χ3v) is 1.59. The maximum Gasteiger partial charge on any atom is 0.0307 e. The third-order valence-electron chi connectivity index (χ3n) is 1.59. The van der Waals surface area contributed by atoms with Crippen LogP contribution in [0.3, 0.4) is 0 Å². The second-order valence-electron chi connectivity index (χ2n) is 2.89. The van der Waals surface area contributed by atoms with Crippen LogP contribution >= 0.6 is 0 Å². The van der Waals surface area contributed by atoms with E-state index in [9.17, 15) is 0 Å². The Hall–Kier alpha value is -0.560. The first-order valence-electron chi connectivity index (χ1n) is 3.66. The number of hydrogen-bond donors (Lipinski definition) is 1. The lowest BCUT2D eigenvalue weighted by molar-refractivity contribution is 0.514. The normalized spacial score (nSPS) is 15.8. The molecule has 0 bridgehead atoms. The fourth-order valence-electron chi connectivity index (χ4n) is 0.729. The van der Waals surface area contributed by atoms with E-state index < -0.39 is 0 Å². The maximum absolute atomic E-state index is 5.80. The standard InChI is InChI=1S/C9H17N/c1-4-6-7-8-9(3,10)5-2/h4-5H,1-2,6-8,10H2,3H3/t9-/m1/s1. The molecule has 0 aliphatic heterocycles. The van der Waals surface area contributed by atoms with Gasteiger partial charge in [-0.15, -0.1) is 13.2 Å². The van der Waals surface area contributed by atoms with E-state index in [1.54, 1.807) is 6.08 Å². The molecule has 58 valence electrons. The Kier molecular flexibility index (Phi) is 4.05. The fourth-order valence-corrected chi connectivity index (χ4v) is 0.729. The SMILES string of the molecule is C=CCCC[C@](C)(N)C=C. The predicted molar refractivity (Wildman–Crippen MR) is 46.8 cm³/mol. The lowest BCUT2D eigenvalue weighted by atomic mass is 9.96. The van der Waals surface area contributed by atoms with E-state index in [4.69, 9.17) is 5.73 Å². The zero-order valence-corrected chi connectivity index (χ0v) is 6.77. The molecule has 1 atom stereocenters. The van der Waals surface area contributed by atoms with Crippen LogP contribution < -0.4 is 5.73 Å². The molecule has 0 saturated carbocycles. The summed E-state index contributed by atoms with van der Waals surface area (Å²) in [6, 6.07) is 0. The highest BCUT2D eigenvalue weighted by molar-refractivity contribution is 4.96. The summed E-state index contributed by atoms with van der Waals surface area (Å²) in [7, 11) is 0. The Morgan fingerprint density at radius 3 is 2.50 bits per heavy atom. The summed E-state index contributed by atoms with van der Waals surface area (Å²) in [4.78, 5) is 0. The summed E-state index contributed by atoms with van der Waals surface area (Å²) < 4.78 is 0. The summed E-state index contributed by atoms with van der Waals surface area (Å²) in [5.41, 5.74) is 5.61. The van der Waals surface area contributed by atoms with Gasteiger partial charge >= 0.3 is 0 Å². The molecule has 0 rings (SSSR count). The topological polar surface area (TPSA) is 26.0 Å². The lowest BCUT2D eigenvalue weighted by Crippen LogP contribution is -2.32. The first kappa shape index (κ1) is 9.44. The Morgan fingerprint density at radius 1 is 1.50 bits per heavy atom. The average Bonchev–Trinajstić information content (AvgIpc) is 1.89. The average molecular weight is 139 g/mol. The van der Waals surface area contributed by atoms with Crippen molar-refractivity contribution in [3.63, 3.8) is 0 Å². The van der Waals surface area contributed by atoms with Crippen LogP contribution in [0.15, 0.2) is 25.3 Å². The summed E-state index contributed by atoms with van der Waals surface area (Å²) in [5, 5.41) is 0. The van der Waals surface area contributed by atoms with Crippen LogP contribution in [0.25, 0.3) is 0 Å². The highest BCUT2D eigenvalue weighted by atomic mass is 14.7. The van der Waals surface area contributed by atoms with Gasteiger partial charge < -0.3 is 5.73 Å². The van der Waals surface area contributed by atoms with Crippen molar-refractivity contribution in [2.75, 3.05) is 0 Å². The molecule has 0 aromatic heterocycles. The molecule has 0 aromatic rings. The molecule has 0 radical (unpaired) electrons. The number of rotatable bonds is 5. The van der Waals surface area contributed by atoms with E-state index in [-0.39, 0.29) is 5.54 Å². The first-order valence-corrected chi connectivity index (χ1v) is 3.66. The highest BCUT2D eigenvalue weighted by Gasteiger charge is 2.10. The maximum atomic E-state index is 5.80. The second kappa shape index (κ2) is 4.29. The summed E-state index contributed by atoms with van der Waals surface area (Å²) in [5.74, 6) is 0. The molecule has 0 aliphatic rings. The van der Waals surface area contributed by atoms with Crippen LogP contribution in [0.4, 0.5) is 0 Å². The van der Waals surface area contributed by atoms with Crippen LogP contribution in [-0.4, -0.2) is 5.54 Å². The van der Waals surface area contributed by atoms with Gasteiger partial charge in [-0.25, -0.2) is 0 Å². The van der Waals surface area contributed by atoms with Crippen molar-refractivity contribution in [1.29, 1.82) is 0 Å². The van der Waals surface area contributed by atoms with Gasteiger partial charge in [0, 0.05) is 5.54 Å². The van der Waals surface area contributed by atoms with Gasteiger partial charge in [0.1, 0.15) is 0 Å². The second-order valence-corrected chi connectivity index (χ2v) is 2.89. The Bertz CT molecular complexity index is 114. The molecule has 0 unspecified atom stereocenters. The Morgan fingerprint density at radius 2 is 2.10 bits per heavy atom. The molecule has 1 nitrogen and oxygen atoms in total. The van der Waals surface area contributed by atoms with Gasteiger partial charge in [-0.3, -0.25) is 0 Å². The van der Waals surface area contributed by atoms with Crippen molar-refractivity contribution < 1.29 is 0 Å². The molecule has 0 amide bonds. The largest absolute Gasteiger partial charge is 0.322 e. The van der Waals surface area contributed by atoms with Gasteiger partial charge in [-0.2, -0.15) is 0 Å². The van der Waals surface area contributed by atoms with Crippen molar-refractivity contribution >= 4 is 0 Å². The number of unbranched alkanes of at least 4 members (excludes halogenated alkanes) is 1. The van der Waals surface area contributed by atoms with E-state index in [0.29, 0.717) is 0 Å². The fraction of sp³-hybridized carbons (Fsp3) is 0.556. The molecule has 0 heterocycles. The molecule has 2 N–H and O–H groups in total. The number of allylic oxidation sites excluding steroid dienone is 1. The molecule has 0 spiro atoms. The molecule has 10 heavy (non-hydrogen) atoms. The van der Waals surface area contributed by atoms with E-state index in [1.165, 1.54) is 0 Å². The monoisotopic (exact) mass is 139 g/mol. The van der Waals surface area contributed by atoms with Gasteiger partial charge in [-0.05, 0) is 26.2 Å². The summed E-state index contributed by atoms with van der Waals surface area (Å²) in [6.45, 7) is 9.29. The first-order chi connectivity index (χ1) is 4.62. The molecular formula is C9H17N. The quantitative estimate of drug-likeness (QED) is 0.459. The van der Waals surface area contributed by atoms with Crippen LogP contribution in [-0.2, 0) is 0 Å². The van der Waals surface area contributed by atoms with E-state index in [2.05, 4.69) is 13.2 Å². The Balaban J connectivity index is 3.46. The third kappa shape index (κ3) is 4.33. The number of nitrogens with two attached hydrogens (primary N) is 1. The Labute approximate surface area is 63.6 Å². The van der Waals surface area contributed by atoms with Crippen molar-refractivity contribution in [3.05, 3.63) is 25.3 Å². The zero-order valence-electron chi connectivity index (χ0n) is 6.77. The summed E-state index contributed by atoms with van der Waals surface area (Å²) in [6.07, 6.45) is 6.85. The van der Waals surface area contributed by atoms with Gasteiger partial charge in [-0.1, -0.05) is 12.2 Å². The van der Waals surface area contributed by atoms with Gasteiger partial charge in [0.15, 0.2) is 0 Å². The summed E-state index contributed by atoms with van der Waals surface area (Å²) >= 11 is 0. The molecule has 0 aliphatic carbocycles. The minimum absolute atomic E-state index is 0.191. The van der Waals surface area contributed by atoms with Crippen molar-refractivity contribution in [3.8, 4) is 0 Å². The molecule has 0 fully saturated rings. The predicted octanol–water partition coefficient (Wildman–Crippen LogP) is 2.25. The van der Waals surface area contributed by atoms with Crippen LogP contribution in [0.2, 0.25) is 0 Å². The van der Waals surface area contributed by atoms with Crippen LogP contribution in [0.5, 0.6) is 0 Å². The van der Waals surface area contributed by atoms with E-state index >= 15 is 0 Å². The lowest BCUT2D eigenvalue weighted by Gasteiger charge is -2.18. The van der Waals surface area contributed by atoms with Crippen molar-refractivity contribution in [1.82, 2.24) is 0 Å². The van der Waals surface area contributed by atoms with Gasteiger partial charge in [0.2, 0.25) is 0 Å². The van der Waals surface area contributed by atoms with Crippen LogP contribution in [0.1, 0.15) is 26.2 Å². The highest BCUT2D eigenvalue weighted by Crippen LogP contribution is 2.10. The minimum atomic E-state index is -0.191. The van der Waals surface area contributed by atoms with Crippen molar-refractivity contribution in [2.24, 2.45) is 5.73 Å². The minimum Gasteiger partial charge on any atom is -0.322 e. The van der Waals surface area contributed by atoms with E-state index in [1.807, 2.05) is 13.0 Å². The van der Waals surface area contributed by atoms with Gasteiger partial charge in [0.25, 0.3) is 0 Å². The zero-order chi connectivity index (χ0) is 8.04. The smallest absolute Gasteiger partial charge is 0.0307 e.